The van der Waals surface area contributed by atoms with Crippen molar-refractivity contribution in [3.63, 3.8) is 0 Å². The molecule has 0 bridgehead atoms. The van der Waals surface area contributed by atoms with Crippen molar-refractivity contribution in [1.82, 2.24) is 5.32 Å². The molecule has 0 heterocycles. The molecule has 0 spiro atoms. The van der Waals surface area contributed by atoms with Crippen LogP contribution in [-0.4, -0.2) is 33.7 Å². The standard InChI is InChI=1S/C4H9NO4/c1-2(6)3(7)5-4(8)9/h2-3,5-7H,1H3,(H,8,9). The monoisotopic (exact) mass is 135 g/mol. The molecule has 1 amide bonds. The zero-order valence-corrected chi connectivity index (χ0v) is 4.90. The van der Waals surface area contributed by atoms with E-state index < -0.39 is 18.4 Å². The molecule has 0 radical (unpaired) electrons. The molecule has 54 valence electrons. The highest BCUT2D eigenvalue weighted by molar-refractivity contribution is 5.64. The van der Waals surface area contributed by atoms with Gasteiger partial charge < -0.3 is 15.3 Å². The smallest absolute Gasteiger partial charge is 0.406 e. The van der Waals surface area contributed by atoms with Gasteiger partial charge in [0.15, 0.2) is 6.23 Å². The van der Waals surface area contributed by atoms with Crippen molar-refractivity contribution >= 4 is 6.09 Å². The van der Waals surface area contributed by atoms with Gasteiger partial charge in [-0.15, -0.1) is 0 Å². The number of nitrogens with one attached hydrogen (secondary N) is 1. The van der Waals surface area contributed by atoms with Gasteiger partial charge in [0.05, 0.1) is 6.10 Å². The largest absolute Gasteiger partial charge is 0.465 e. The Hall–Kier alpha value is -0.810. The van der Waals surface area contributed by atoms with Crippen LogP contribution in [0.25, 0.3) is 0 Å². The van der Waals surface area contributed by atoms with E-state index in [1.165, 1.54) is 6.92 Å². The van der Waals surface area contributed by atoms with Gasteiger partial charge in [-0.25, -0.2) is 4.79 Å². The molecule has 0 aliphatic carbocycles. The summed E-state index contributed by atoms with van der Waals surface area (Å²) in [4.78, 5) is 9.73. The molecule has 0 aromatic rings. The maximum absolute atomic E-state index is 9.73. The predicted molar refractivity (Wildman–Crippen MR) is 28.8 cm³/mol. The highest BCUT2D eigenvalue weighted by Crippen LogP contribution is 1.85. The Morgan fingerprint density at radius 3 is 2.11 bits per heavy atom. The van der Waals surface area contributed by atoms with Gasteiger partial charge >= 0.3 is 6.09 Å². The normalized spacial score (nSPS) is 16.3. The fourth-order valence-corrected chi connectivity index (χ4v) is 0.247. The first-order valence-corrected chi connectivity index (χ1v) is 2.39. The van der Waals surface area contributed by atoms with Gasteiger partial charge in [0.25, 0.3) is 0 Å². The second kappa shape index (κ2) is 3.26. The van der Waals surface area contributed by atoms with Crippen molar-refractivity contribution in [3.05, 3.63) is 0 Å². The van der Waals surface area contributed by atoms with E-state index in [0.717, 1.165) is 0 Å². The zero-order chi connectivity index (χ0) is 7.44. The van der Waals surface area contributed by atoms with Crippen LogP contribution in [0, 0.1) is 0 Å². The summed E-state index contributed by atoms with van der Waals surface area (Å²) < 4.78 is 0. The summed E-state index contributed by atoms with van der Waals surface area (Å²) in [6.45, 7) is 1.28. The number of carboxylic acid groups (broad SMARTS) is 1. The number of hydrogen-bond acceptors (Lipinski definition) is 3. The molecule has 5 heteroatoms. The van der Waals surface area contributed by atoms with Crippen LogP contribution in [0.5, 0.6) is 0 Å². The number of aliphatic hydroxyl groups excluding tert-OH is 2. The molecular weight excluding hydrogens is 126 g/mol. The van der Waals surface area contributed by atoms with E-state index in [1.54, 1.807) is 5.32 Å². The van der Waals surface area contributed by atoms with E-state index in [4.69, 9.17) is 15.3 Å². The average Bonchev–Trinajstić information content (AvgIpc) is 1.63. The molecule has 0 aliphatic rings. The number of hydrogen-bond donors (Lipinski definition) is 4. The Labute approximate surface area is 51.9 Å². The molecule has 0 aromatic heterocycles. The summed E-state index contributed by atoms with van der Waals surface area (Å²) >= 11 is 0. The Morgan fingerprint density at radius 1 is 1.56 bits per heavy atom. The van der Waals surface area contributed by atoms with Crippen molar-refractivity contribution in [3.8, 4) is 0 Å². The molecule has 0 aromatic carbocycles. The maximum Gasteiger partial charge on any atom is 0.406 e. The van der Waals surface area contributed by atoms with Crippen molar-refractivity contribution in [2.75, 3.05) is 0 Å². The topological polar surface area (TPSA) is 89.8 Å². The average molecular weight is 135 g/mol. The van der Waals surface area contributed by atoms with Gasteiger partial charge in [0.2, 0.25) is 0 Å². The Bertz CT molecular complexity index is 103. The fourth-order valence-electron chi connectivity index (χ4n) is 0.247. The lowest BCUT2D eigenvalue weighted by molar-refractivity contribution is 0.0118. The molecule has 0 aliphatic heterocycles. The number of rotatable bonds is 2. The number of aliphatic hydroxyl groups is 2. The molecule has 0 saturated carbocycles. The lowest BCUT2D eigenvalue weighted by atomic mass is 10.4. The van der Waals surface area contributed by atoms with Crippen LogP contribution in [0.4, 0.5) is 4.79 Å². The quantitative estimate of drug-likeness (QED) is 0.364. The molecule has 2 atom stereocenters. The lowest BCUT2D eigenvalue weighted by Crippen LogP contribution is -2.40. The summed E-state index contributed by atoms with van der Waals surface area (Å²) in [6, 6.07) is 0. The summed E-state index contributed by atoms with van der Waals surface area (Å²) in [6.07, 6.45) is -3.84. The molecule has 4 N–H and O–H groups in total. The van der Waals surface area contributed by atoms with Gasteiger partial charge in [0.1, 0.15) is 0 Å². The van der Waals surface area contributed by atoms with Crippen molar-refractivity contribution in [2.45, 2.75) is 19.3 Å². The minimum absolute atomic E-state index is 1.08. The molecule has 5 nitrogen and oxygen atoms in total. The van der Waals surface area contributed by atoms with Crippen molar-refractivity contribution < 1.29 is 20.1 Å². The summed E-state index contributed by atoms with van der Waals surface area (Å²) in [7, 11) is 0. The Morgan fingerprint density at radius 2 is 2.00 bits per heavy atom. The number of carbonyl (C=O) groups is 1. The Balaban J connectivity index is 3.50. The van der Waals surface area contributed by atoms with Crippen LogP contribution < -0.4 is 5.32 Å². The summed E-state index contributed by atoms with van der Waals surface area (Å²) in [5, 5.41) is 26.7. The molecule has 0 fully saturated rings. The highest BCUT2D eigenvalue weighted by atomic mass is 16.4. The maximum atomic E-state index is 9.73. The van der Waals surface area contributed by atoms with E-state index in [-0.39, 0.29) is 0 Å². The van der Waals surface area contributed by atoms with E-state index >= 15 is 0 Å². The minimum Gasteiger partial charge on any atom is -0.465 e. The van der Waals surface area contributed by atoms with Gasteiger partial charge in [0, 0.05) is 0 Å². The highest BCUT2D eigenvalue weighted by Gasteiger charge is 2.11. The molecule has 0 rings (SSSR count). The number of amides is 1. The van der Waals surface area contributed by atoms with Crippen LogP contribution in [-0.2, 0) is 0 Å². The van der Waals surface area contributed by atoms with Crippen LogP contribution in [0.15, 0.2) is 0 Å². The second-order valence-electron chi connectivity index (χ2n) is 1.63. The third-order valence-electron chi connectivity index (χ3n) is 0.728. The van der Waals surface area contributed by atoms with Crippen LogP contribution in [0.1, 0.15) is 6.92 Å². The van der Waals surface area contributed by atoms with Gasteiger partial charge in [-0.2, -0.15) is 0 Å². The minimum atomic E-state index is -1.40. The lowest BCUT2D eigenvalue weighted by Gasteiger charge is -2.11. The van der Waals surface area contributed by atoms with E-state index in [2.05, 4.69) is 0 Å². The molecule has 9 heavy (non-hydrogen) atoms. The summed E-state index contributed by atoms with van der Waals surface area (Å²) in [5.74, 6) is 0. The zero-order valence-electron chi connectivity index (χ0n) is 4.90. The third kappa shape index (κ3) is 3.75. The van der Waals surface area contributed by atoms with E-state index in [9.17, 15) is 4.79 Å². The predicted octanol–water partition coefficient (Wildman–Crippen LogP) is -1.05. The Kier molecular flexibility index (Phi) is 2.97. The van der Waals surface area contributed by atoms with E-state index in [0.29, 0.717) is 0 Å². The van der Waals surface area contributed by atoms with Gasteiger partial charge in [-0.05, 0) is 6.92 Å². The van der Waals surface area contributed by atoms with Crippen molar-refractivity contribution in [1.29, 1.82) is 0 Å². The van der Waals surface area contributed by atoms with Gasteiger partial charge in [-0.1, -0.05) is 0 Å². The fraction of sp³-hybridized carbons (Fsp3) is 0.750. The molecular formula is C4H9NO4. The SMILES string of the molecule is CC(O)C(O)NC(=O)O. The second-order valence-corrected chi connectivity index (χ2v) is 1.63. The molecule has 2 unspecified atom stereocenters. The van der Waals surface area contributed by atoms with Crippen LogP contribution in [0.3, 0.4) is 0 Å². The van der Waals surface area contributed by atoms with Crippen LogP contribution >= 0.6 is 0 Å². The molecule has 0 saturated heterocycles. The van der Waals surface area contributed by atoms with Crippen molar-refractivity contribution in [2.24, 2.45) is 0 Å². The van der Waals surface area contributed by atoms with Gasteiger partial charge in [-0.3, -0.25) is 5.32 Å². The van der Waals surface area contributed by atoms with E-state index in [1.807, 2.05) is 0 Å². The summed E-state index contributed by atoms with van der Waals surface area (Å²) in [5.41, 5.74) is 0. The van der Waals surface area contributed by atoms with Crippen LogP contribution in [0.2, 0.25) is 0 Å². The first-order valence-electron chi connectivity index (χ1n) is 2.39. The first kappa shape index (κ1) is 8.19. The third-order valence-corrected chi connectivity index (χ3v) is 0.728. The first-order chi connectivity index (χ1) is 4.04.